The Labute approximate surface area is 121 Å². The molecule has 112 valence electrons. The molecule has 0 spiro atoms. The molecule has 1 aliphatic carbocycles. The lowest BCUT2D eigenvalue weighted by atomic mass is 10.1. The van der Waals surface area contributed by atoms with Gasteiger partial charge >= 0.3 is 0 Å². The van der Waals surface area contributed by atoms with E-state index in [1.54, 1.807) is 0 Å². The van der Waals surface area contributed by atoms with Crippen molar-refractivity contribution in [2.24, 2.45) is 5.73 Å². The average molecular weight is 297 g/mol. The lowest BCUT2D eigenvalue weighted by Gasteiger charge is -2.12. The minimum atomic E-state index is -2.99. The molecule has 2 rings (SSSR count). The number of hydrogen-bond acceptors (Lipinski definition) is 4. The Morgan fingerprint density at radius 3 is 2.40 bits per heavy atom. The minimum absolute atomic E-state index is 0.113. The van der Waals surface area contributed by atoms with Crippen LogP contribution in [-0.2, 0) is 16.3 Å². The Bertz CT molecular complexity index is 504. The molecular weight excluding hydrogens is 274 g/mol. The van der Waals surface area contributed by atoms with Crippen molar-refractivity contribution >= 4 is 9.84 Å². The second-order valence-electron chi connectivity index (χ2n) is 5.30. The van der Waals surface area contributed by atoms with Crippen LogP contribution in [0.3, 0.4) is 0 Å². The van der Waals surface area contributed by atoms with E-state index < -0.39 is 9.84 Å². The second kappa shape index (κ2) is 7.09. The van der Waals surface area contributed by atoms with Gasteiger partial charge in [-0.2, -0.15) is 0 Å². The van der Waals surface area contributed by atoms with Crippen LogP contribution in [0.2, 0.25) is 0 Å². The number of hydrogen-bond donors (Lipinski definition) is 1. The van der Waals surface area contributed by atoms with E-state index in [4.69, 9.17) is 10.5 Å². The first kappa shape index (κ1) is 15.3. The van der Waals surface area contributed by atoms with E-state index in [-0.39, 0.29) is 17.6 Å². The van der Waals surface area contributed by atoms with Crippen LogP contribution in [0.1, 0.15) is 31.2 Å². The van der Waals surface area contributed by atoms with Gasteiger partial charge in [0, 0.05) is 0 Å². The smallest absolute Gasteiger partial charge is 0.156 e. The molecule has 0 radical (unpaired) electrons. The number of nitrogens with two attached hydrogens (primary N) is 1. The summed E-state index contributed by atoms with van der Waals surface area (Å²) in [6, 6.07) is 7.67. The number of sulfone groups is 1. The second-order valence-corrected chi connectivity index (χ2v) is 7.71. The standard InChI is InChI=1S/C15H23NO3S/c16-10-9-13-5-7-14(8-6-13)19-11-12-20(17,18)15-3-1-2-4-15/h5-8,15H,1-4,9-12,16H2. The van der Waals surface area contributed by atoms with Crippen LogP contribution in [0.15, 0.2) is 24.3 Å². The zero-order valence-corrected chi connectivity index (χ0v) is 12.6. The molecule has 1 aliphatic rings. The molecule has 0 heterocycles. The van der Waals surface area contributed by atoms with Gasteiger partial charge in [-0.25, -0.2) is 8.42 Å². The minimum Gasteiger partial charge on any atom is -0.493 e. The maximum absolute atomic E-state index is 12.1. The van der Waals surface area contributed by atoms with Crippen molar-refractivity contribution in [2.75, 3.05) is 18.9 Å². The third kappa shape index (κ3) is 4.21. The summed E-state index contributed by atoms with van der Waals surface area (Å²) in [5, 5.41) is -0.141. The summed E-state index contributed by atoms with van der Waals surface area (Å²) in [5.41, 5.74) is 6.65. The van der Waals surface area contributed by atoms with E-state index in [0.717, 1.165) is 32.1 Å². The van der Waals surface area contributed by atoms with Gasteiger partial charge in [0.25, 0.3) is 0 Å². The van der Waals surface area contributed by atoms with Gasteiger partial charge in [0.1, 0.15) is 12.4 Å². The van der Waals surface area contributed by atoms with Gasteiger partial charge in [0.05, 0.1) is 11.0 Å². The van der Waals surface area contributed by atoms with Crippen LogP contribution in [0, 0.1) is 0 Å². The molecular formula is C15H23NO3S. The molecule has 0 unspecified atom stereocenters. The number of benzene rings is 1. The summed E-state index contributed by atoms with van der Waals surface area (Å²) in [7, 11) is -2.99. The van der Waals surface area contributed by atoms with E-state index in [9.17, 15) is 8.42 Å². The van der Waals surface area contributed by atoms with Crippen molar-refractivity contribution in [3.63, 3.8) is 0 Å². The highest BCUT2D eigenvalue weighted by Crippen LogP contribution is 2.25. The zero-order chi connectivity index (χ0) is 14.4. The molecule has 1 aromatic rings. The van der Waals surface area contributed by atoms with Crippen LogP contribution in [0.25, 0.3) is 0 Å². The van der Waals surface area contributed by atoms with Crippen LogP contribution < -0.4 is 10.5 Å². The number of ether oxygens (including phenoxy) is 1. The molecule has 5 heteroatoms. The van der Waals surface area contributed by atoms with Crippen molar-refractivity contribution in [3.05, 3.63) is 29.8 Å². The summed E-state index contributed by atoms with van der Waals surface area (Å²) in [4.78, 5) is 0. The van der Waals surface area contributed by atoms with Crippen molar-refractivity contribution in [3.8, 4) is 5.75 Å². The van der Waals surface area contributed by atoms with Gasteiger partial charge in [0.2, 0.25) is 0 Å². The normalized spacial score (nSPS) is 16.4. The van der Waals surface area contributed by atoms with Gasteiger partial charge in [-0.1, -0.05) is 25.0 Å². The molecule has 0 aliphatic heterocycles. The summed E-state index contributed by atoms with van der Waals surface area (Å²) >= 11 is 0. The molecule has 2 N–H and O–H groups in total. The molecule has 1 aromatic carbocycles. The zero-order valence-electron chi connectivity index (χ0n) is 11.8. The van der Waals surface area contributed by atoms with E-state index in [1.807, 2.05) is 24.3 Å². The first-order chi connectivity index (χ1) is 9.62. The van der Waals surface area contributed by atoms with Crippen molar-refractivity contribution in [2.45, 2.75) is 37.4 Å². The predicted molar refractivity (Wildman–Crippen MR) is 80.7 cm³/mol. The maximum atomic E-state index is 12.1. The van der Waals surface area contributed by atoms with Crippen LogP contribution in [0.5, 0.6) is 5.75 Å². The lowest BCUT2D eigenvalue weighted by molar-refractivity contribution is 0.340. The van der Waals surface area contributed by atoms with E-state index in [2.05, 4.69) is 0 Å². The quantitative estimate of drug-likeness (QED) is 0.835. The SMILES string of the molecule is NCCc1ccc(OCCS(=O)(=O)C2CCCC2)cc1. The molecule has 0 bridgehead atoms. The summed E-state index contributed by atoms with van der Waals surface area (Å²) in [6.45, 7) is 0.856. The highest BCUT2D eigenvalue weighted by Gasteiger charge is 2.28. The van der Waals surface area contributed by atoms with Crippen LogP contribution >= 0.6 is 0 Å². The Morgan fingerprint density at radius 1 is 1.15 bits per heavy atom. The summed E-state index contributed by atoms with van der Waals surface area (Å²) < 4.78 is 29.7. The lowest BCUT2D eigenvalue weighted by Crippen LogP contribution is -2.24. The Balaban J connectivity index is 1.80. The maximum Gasteiger partial charge on any atom is 0.156 e. The van der Waals surface area contributed by atoms with E-state index in [0.29, 0.717) is 12.3 Å². The van der Waals surface area contributed by atoms with Crippen molar-refractivity contribution in [1.82, 2.24) is 0 Å². The summed E-state index contributed by atoms with van der Waals surface area (Å²) in [6.07, 6.45) is 4.54. The van der Waals surface area contributed by atoms with Gasteiger partial charge < -0.3 is 10.5 Å². The molecule has 0 amide bonds. The van der Waals surface area contributed by atoms with Crippen molar-refractivity contribution < 1.29 is 13.2 Å². The third-order valence-corrected chi connectivity index (χ3v) is 6.03. The predicted octanol–water partition coefficient (Wildman–Crippen LogP) is 1.92. The summed E-state index contributed by atoms with van der Waals surface area (Å²) in [5.74, 6) is 0.828. The molecule has 0 aromatic heterocycles. The fourth-order valence-corrected chi connectivity index (χ4v) is 4.31. The first-order valence-electron chi connectivity index (χ1n) is 7.25. The van der Waals surface area contributed by atoms with E-state index in [1.165, 1.54) is 5.56 Å². The fraction of sp³-hybridized carbons (Fsp3) is 0.600. The van der Waals surface area contributed by atoms with E-state index >= 15 is 0 Å². The molecule has 4 nitrogen and oxygen atoms in total. The first-order valence-corrected chi connectivity index (χ1v) is 8.97. The highest BCUT2D eigenvalue weighted by molar-refractivity contribution is 7.92. The molecule has 0 atom stereocenters. The Kier molecular flexibility index (Phi) is 5.43. The third-order valence-electron chi connectivity index (χ3n) is 3.80. The van der Waals surface area contributed by atoms with Gasteiger partial charge in [-0.15, -0.1) is 0 Å². The molecule has 1 fully saturated rings. The molecule has 20 heavy (non-hydrogen) atoms. The van der Waals surface area contributed by atoms with Gasteiger partial charge in [0.15, 0.2) is 9.84 Å². The topological polar surface area (TPSA) is 69.4 Å². The van der Waals surface area contributed by atoms with Crippen LogP contribution in [-0.4, -0.2) is 32.6 Å². The fourth-order valence-electron chi connectivity index (χ4n) is 2.61. The Hall–Kier alpha value is -1.07. The molecule has 0 saturated heterocycles. The Morgan fingerprint density at radius 2 is 1.80 bits per heavy atom. The largest absolute Gasteiger partial charge is 0.493 e. The average Bonchev–Trinajstić information content (AvgIpc) is 2.96. The number of rotatable bonds is 7. The highest BCUT2D eigenvalue weighted by atomic mass is 32.2. The van der Waals surface area contributed by atoms with Crippen molar-refractivity contribution in [1.29, 1.82) is 0 Å². The van der Waals surface area contributed by atoms with Crippen LogP contribution in [0.4, 0.5) is 0 Å². The van der Waals surface area contributed by atoms with Gasteiger partial charge in [-0.3, -0.25) is 0 Å². The monoisotopic (exact) mass is 297 g/mol. The molecule has 1 saturated carbocycles. The van der Waals surface area contributed by atoms with Gasteiger partial charge in [-0.05, 0) is 43.5 Å².